The fraction of sp³-hybridized carbons (Fsp3) is 0.214. The second-order valence-electron chi connectivity index (χ2n) is 8.26. The number of aryl methyl sites for hydroxylation is 1. The van der Waals surface area contributed by atoms with E-state index in [1.54, 1.807) is 30.6 Å². The highest BCUT2D eigenvalue weighted by atomic mass is 19.1. The fourth-order valence-corrected chi connectivity index (χ4v) is 4.03. The number of halogens is 1. The number of hydrogen-bond acceptors (Lipinski definition) is 5. The van der Waals surface area contributed by atoms with Crippen molar-refractivity contribution in [3.05, 3.63) is 99.1 Å². The van der Waals surface area contributed by atoms with Crippen LogP contribution in [0.2, 0.25) is 0 Å². The average Bonchev–Trinajstić information content (AvgIpc) is 2.87. The molecule has 0 saturated heterocycles. The average molecular weight is 468 g/mol. The lowest BCUT2D eigenvalue weighted by molar-refractivity contribution is 0.296. The van der Waals surface area contributed by atoms with Crippen LogP contribution in [0.4, 0.5) is 4.39 Å². The van der Waals surface area contributed by atoms with Crippen molar-refractivity contribution >= 4 is 23.1 Å². The highest BCUT2D eigenvalue weighted by molar-refractivity contribution is 5.80. The van der Waals surface area contributed by atoms with E-state index in [1.165, 1.54) is 22.8 Å². The van der Waals surface area contributed by atoms with Crippen LogP contribution in [-0.2, 0) is 6.54 Å². The Labute approximate surface area is 203 Å². The Morgan fingerprint density at radius 2 is 1.91 bits per heavy atom. The summed E-state index contributed by atoms with van der Waals surface area (Å²) in [5, 5.41) is 9.84. The molecular weight excluding hydrogens is 441 g/mol. The Morgan fingerprint density at radius 3 is 2.63 bits per heavy atom. The molecule has 0 radical (unpaired) electrons. The number of rotatable bonds is 7. The molecule has 0 unspecified atom stereocenters. The predicted octanol–water partition coefficient (Wildman–Crippen LogP) is 5.11. The summed E-state index contributed by atoms with van der Waals surface area (Å²) in [5.41, 5.74) is 3.75. The van der Waals surface area contributed by atoms with Crippen molar-refractivity contribution in [2.24, 2.45) is 0 Å². The molecule has 0 atom stereocenters. The molecule has 0 N–H and O–H groups in total. The lowest BCUT2D eigenvalue weighted by Gasteiger charge is -2.18. The van der Waals surface area contributed by atoms with E-state index in [9.17, 15) is 14.4 Å². The van der Waals surface area contributed by atoms with E-state index >= 15 is 0 Å². The Bertz CT molecular complexity index is 1510. The topological polar surface area (TPSA) is 74.8 Å². The second kappa shape index (κ2) is 10.4. The van der Waals surface area contributed by atoms with Gasteiger partial charge >= 0.3 is 0 Å². The fourth-order valence-electron chi connectivity index (χ4n) is 4.03. The Morgan fingerprint density at radius 1 is 1.11 bits per heavy atom. The van der Waals surface area contributed by atoms with Crippen molar-refractivity contribution in [2.75, 3.05) is 13.1 Å². The van der Waals surface area contributed by atoms with E-state index in [0.29, 0.717) is 22.6 Å². The van der Waals surface area contributed by atoms with Crippen LogP contribution < -0.4 is 5.56 Å². The Balaban J connectivity index is 1.88. The molecule has 0 fully saturated rings. The largest absolute Gasteiger partial charge is 0.300 e. The van der Waals surface area contributed by atoms with Gasteiger partial charge in [0.2, 0.25) is 0 Å². The molecule has 0 saturated carbocycles. The third-order valence-corrected chi connectivity index (χ3v) is 6.06. The Hall–Kier alpha value is -4.15. The van der Waals surface area contributed by atoms with Crippen molar-refractivity contribution < 1.29 is 4.39 Å². The van der Waals surface area contributed by atoms with E-state index in [1.807, 2.05) is 25.1 Å². The van der Waals surface area contributed by atoms with Crippen molar-refractivity contribution in [1.29, 1.82) is 5.26 Å². The zero-order valence-electron chi connectivity index (χ0n) is 20.0. The summed E-state index contributed by atoms with van der Waals surface area (Å²) in [5.74, 6) is -0.138. The first kappa shape index (κ1) is 24.0. The van der Waals surface area contributed by atoms with Crippen LogP contribution >= 0.6 is 0 Å². The van der Waals surface area contributed by atoms with Crippen molar-refractivity contribution in [1.82, 2.24) is 19.4 Å². The maximum absolute atomic E-state index is 13.9. The van der Waals surface area contributed by atoms with Gasteiger partial charge in [-0.15, -0.1) is 0 Å². The number of fused-ring (bicyclic) bond motifs is 1. The molecule has 0 aliphatic heterocycles. The van der Waals surface area contributed by atoms with Crippen LogP contribution in [0.3, 0.4) is 0 Å². The third-order valence-electron chi connectivity index (χ3n) is 6.06. The smallest absolute Gasteiger partial charge is 0.266 e. The SMILES string of the molecule is CCN(CC)Cc1ccc(C#N)c(/C=C/c2nc3ccc(F)cc3c(=O)n2-c2cnccc2C)c1. The molecule has 6 nitrogen and oxygen atoms in total. The predicted molar refractivity (Wildman–Crippen MR) is 137 cm³/mol. The number of hydrogen-bond donors (Lipinski definition) is 0. The highest BCUT2D eigenvalue weighted by Gasteiger charge is 2.14. The molecule has 35 heavy (non-hydrogen) atoms. The van der Waals surface area contributed by atoms with E-state index in [-0.39, 0.29) is 10.9 Å². The van der Waals surface area contributed by atoms with Gasteiger partial charge in [0, 0.05) is 12.7 Å². The van der Waals surface area contributed by atoms with Crippen LogP contribution in [0.15, 0.2) is 59.7 Å². The van der Waals surface area contributed by atoms with Gasteiger partial charge in [0.05, 0.1) is 34.4 Å². The van der Waals surface area contributed by atoms with Crippen LogP contribution in [0, 0.1) is 24.1 Å². The summed E-state index contributed by atoms with van der Waals surface area (Å²) in [6.07, 6.45) is 6.75. The van der Waals surface area contributed by atoms with Gasteiger partial charge in [0.25, 0.3) is 5.56 Å². The summed E-state index contributed by atoms with van der Waals surface area (Å²) in [4.78, 5) is 24.6. The molecule has 0 aliphatic carbocycles. The van der Waals surface area contributed by atoms with Crippen LogP contribution in [0.25, 0.3) is 28.7 Å². The molecule has 0 aliphatic rings. The van der Waals surface area contributed by atoms with Gasteiger partial charge in [-0.25, -0.2) is 9.37 Å². The molecule has 4 rings (SSSR count). The van der Waals surface area contributed by atoms with Crippen LogP contribution in [0.5, 0.6) is 0 Å². The summed E-state index contributed by atoms with van der Waals surface area (Å²) in [6, 6.07) is 13.8. The lowest BCUT2D eigenvalue weighted by Crippen LogP contribution is -2.23. The van der Waals surface area contributed by atoms with Gasteiger partial charge in [-0.3, -0.25) is 19.2 Å². The van der Waals surface area contributed by atoms with E-state index in [4.69, 9.17) is 0 Å². The molecule has 176 valence electrons. The standard InChI is InChI=1S/C28H26FN5O/c1-4-33(5-2)18-20-6-7-22(16-30)21(14-20)8-11-27-32-25-10-9-23(29)15-24(25)28(35)34(27)26-17-31-13-12-19(26)3/h6-15,17H,4-5,18H2,1-3H3/b11-8+. The minimum atomic E-state index is -0.502. The van der Waals surface area contributed by atoms with Gasteiger partial charge in [-0.05, 0) is 85.3 Å². The van der Waals surface area contributed by atoms with E-state index < -0.39 is 5.82 Å². The van der Waals surface area contributed by atoms with Crippen LogP contribution in [0.1, 0.15) is 41.9 Å². The Kier molecular flexibility index (Phi) is 7.14. The maximum atomic E-state index is 13.9. The number of aromatic nitrogens is 3. The van der Waals surface area contributed by atoms with Gasteiger partial charge < -0.3 is 0 Å². The minimum absolute atomic E-state index is 0.185. The first-order valence-electron chi connectivity index (χ1n) is 11.5. The van der Waals surface area contributed by atoms with Gasteiger partial charge in [0.1, 0.15) is 11.6 Å². The monoisotopic (exact) mass is 467 g/mol. The quantitative estimate of drug-likeness (QED) is 0.378. The molecule has 0 spiro atoms. The van der Waals surface area contributed by atoms with Crippen molar-refractivity contribution in [3.8, 4) is 11.8 Å². The van der Waals surface area contributed by atoms with Gasteiger partial charge in [-0.1, -0.05) is 19.9 Å². The number of pyridine rings is 1. The first-order valence-corrected chi connectivity index (χ1v) is 11.5. The molecule has 2 heterocycles. The van der Waals surface area contributed by atoms with E-state index in [0.717, 1.165) is 36.3 Å². The first-order chi connectivity index (χ1) is 16.9. The van der Waals surface area contributed by atoms with Crippen LogP contribution in [-0.4, -0.2) is 32.5 Å². The number of nitriles is 1. The zero-order chi connectivity index (χ0) is 24.9. The van der Waals surface area contributed by atoms with Gasteiger partial charge in [0.15, 0.2) is 0 Å². The maximum Gasteiger partial charge on any atom is 0.266 e. The van der Waals surface area contributed by atoms with Crippen molar-refractivity contribution in [2.45, 2.75) is 27.3 Å². The summed E-state index contributed by atoms with van der Waals surface area (Å²) in [6.45, 7) is 8.74. The van der Waals surface area contributed by atoms with Gasteiger partial charge in [-0.2, -0.15) is 5.26 Å². The summed E-state index contributed by atoms with van der Waals surface area (Å²) in [7, 11) is 0. The highest BCUT2D eigenvalue weighted by Crippen LogP contribution is 2.20. The third kappa shape index (κ3) is 5.03. The van der Waals surface area contributed by atoms with E-state index in [2.05, 4.69) is 34.8 Å². The number of nitrogens with zero attached hydrogens (tertiary/aromatic N) is 5. The normalized spacial score (nSPS) is 11.4. The molecule has 2 aromatic carbocycles. The lowest BCUT2D eigenvalue weighted by atomic mass is 10.0. The molecule has 7 heteroatoms. The second-order valence-corrected chi connectivity index (χ2v) is 8.26. The van der Waals surface area contributed by atoms with Crippen molar-refractivity contribution in [3.63, 3.8) is 0 Å². The molecule has 4 aromatic rings. The number of benzene rings is 2. The molecule has 0 bridgehead atoms. The summed E-state index contributed by atoms with van der Waals surface area (Å²) >= 11 is 0. The minimum Gasteiger partial charge on any atom is -0.300 e. The summed E-state index contributed by atoms with van der Waals surface area (Å²) < 4.78 is 15.4. The zero-order valence-corrected chi connectivity index (χ0v) is 20.0. The molecular formula is C28H26FN5O. The molecule has 2 aromatic heterocycles. The molecule has 0 amide bonds.